The Bertz CT molecular complexity index is 1110. The molecule has 5 nitrogen and oxygen atoms in total. The lowest BCUT2D eigenvalue weighted by Gasteiger charge is -2.07. The molecule has 0 N–H and O–H groups in total. The molecule has 0 radical (unpaired) electrons. The molecule has 1 aromatic heterocycles. The summed E-state index contributed by atoms with van der Waals surface area (Å²) in [7, 11) is 0. The number of aromatic nitrogens is 1. The quantitative estimate of drug-likeness (QED) is 0.167. The molecule has 0 aliphatic heterocycles. The summed E-state index contributed by atoms with van der Waals surface area (Å²) in [5, 5.41) is 13.1. The van der Waals surface area contributed by atoms with Gasteiger partial charge in [0, 0.05) is 37.2 Å². The highest BCUT2D eigenvalue weighted by Gasteiger charge is 2.44. The first-order chi connectivity index (χ1) is 12.0. The smallest absolute Gasteiger partial charge is 0.400 e. The number of benzene rings is 3. The van der Waals surface area contributed by atoms with Crippen LogP contribution in [-0.4, -0.2) is 9.91 Å². The van der Waals surface area contributed by atoms with Gasteiger partial charge in [-0.2, -0.15) is 0 Å². The molecule has 0 amide bonds. The van der Waals surface area contributed by atoms with Crippen molar-refractivity contribution in [3.05, 3.63) is 76.7 Å². The molecule has 1 heterocycles. The zero-order chi connectivity index (χ0) is 17.6. The Morgan fingerprint density at radius 2 is 1.64 bits per heavy atom. The molecule has 0 bridgehead atoms. The highest BCUT2D eigenvalue weighted by molar-refractivity contribution is 9.24. The maximum absolute atomic E-state index is 11.3. The highest BCUT2D eigenvalue weighted by Crippen LogP contribution is 2.42. The van der Waals surface area contributed by atoms with E-state index in [1.54, 1.807) is 0 Å². The van der Waals surface area contributed by atoms with Crippen LogP contribution in [0.3, 0.4) is 0 Å². The van der Waals surface area contributed by atoms with Crippen LogP contribution >= 0.6 is 31.9 Å². The Morgan fingerprint density at radius 3 is 2.32 bits per heavy atom. The summed E-state index contributed by atoms with van der Waals surface area (Å²) in [6, 6.07) is 19.6. The summed E-state index contributed by atoms with van der Waals surface area (Å²) in [6.45, 7) is 0. The number of hydrogen-bond acceptors (Lipinski definition) is 4. The maximum Gasteiger partial charge on any atom is 0.400 e. The second kappa shape index (κ2) is 5.93. The minimum atomic E-state index is -1.76. The molecule has 3 aromatic carbocycles. The van der Waals surface area contributed by atoms with Crippen molar-refractivity contribution in [2.45, 2.75) is 3.36 Å². The van der Waals surface area contributed by atoms with Gasteiger partial charge in [0.2, 0.25) is 0 Å². The first-order valence-electron chi connectivity index (χ1n) is 7.39. The average Bonchev–Trinajstić information content (AvgIpc) is 3.07. The van der Waals surface area contributed by atoms with Crippen LogP contribution in [0, 0.1) is 10.1 Å². The van der Waals surface area contributed by atoms with E-state index in [0.29, 0.717) is 11.1 Å². The summed E-state index contributed by atoms with van der Waals surface area (Å²) >= 11 is 6.04. The molecule has 0 aliphatic carbocycles. The number of fused-ring (bicyclic) bond motifs is 3. The molecule has 124 valence electrons. The Kier molecular flexibility index (Phi) is 3.85. The van der Waals surface area contributed by atoms with E-state index in [1.165, 1.54) is 0 Å². The maximum atomic E-state index is 11.3. The Balaban J connectivity index is 2.07. The van der Waals surface area contributed by atoms with E-state index in [1.807, 2.05) is 60.7 Å². The first-order valence-corrected chi connectivity index (χ1v) is 8.97. The summed E-state index contributed by atoms with van der Waals surface area (Å²) in [5.41, 5.74) is 3.14. The van der Waals surface area contributed by atoms with E-state index in [-0.39, 0.29) is 5.89 Å². The molecule has 0 atom stereocenters. The predicted octanol–water partition coefficient (Wildman–Crippen LogP) is 5.82. The van der Waals surface area contributed by atoms with E-state index in [0.717, 1.165) is 21.9 Å². The van der Waals surface area contributed by atoms with Crippen LogP contribution in [0.5, 0.6) is 0 Å². The normalized spacial score (nSPS) is 11.9. The summed E-state index contributed by atoms with van der Waals surface area (Å²) in [4.78, 5) is 15.1. The lowest BCUT2D eigenvalue weighted by molar-refractivity contribution is -0.514. The van der Waals surface area contributed by atoms with Gasteiger partial charge in [0.25, 0.3) is 5.89 Å². The van der Waals surface area contributed by atoms with Gasteiger partial charge >= 0.3 is 3.36 Å². The molecule has 4 rings (SSSR count). The number of nitro groups is 1. The third-order valence-corrected chi connectivity index (χ3v) is 5.23. The van der Waals surface area contributed by atoms with Gasteiger partial charge in [-0.1, -0.05) is 54.6 Å². The van der Waals surface area contributed by atoms with Crippen LogP contribution in [-0.2, 0) is 3.36 Å². The molecule has 25 heavy (non-hydrogen) atoms. The molecule has 0 spiro atoms. The van der Waals surface area contributed by atoms with Crippen molar-refractivity contribution < 1.29 is 9.34 Å². The second-order valence-electron chi connectivity index (χ2n) is 5.50. The topological polar surface area (TPSA) is 69.2 Å². The Labute approximate surface area is 159 Å². The molecule has 0 fully saturated rings. The van der Waals surface area contributed by atoms with E-state index in [4.69, 9.17) is 4.42 Å². The third-order valence-electron chi connectivity index (χ3n) is 3.97. The minimum absolute atomic E-state index is 0.0529. The van der Waals surface area contributed by atoms with Crippen molar-refractivity contribution in [3.8, 4) is 11.1 Å². The number of halogens is 2. The van der Waals surface area contributed by atoms with Crippen molar-refractivity contribution >= 4 is 53.7 Å². The van der Waals surface area contributed by atoms with E-state index in [9.17, 15) is 10.1 Å². The van der Waals surface area contributed by atoms with Crippen molar-refractivity contribution in [2.75, 3.05) is 0 Å². The van der Waals surface area contributed by atoms with Crippen molar-refractivity contribution in [3.63, 3.8) is 0 Å². The van der Waals surface area contributed by atoms with Gasteiger partial charge in [-0.25, -0.2) is 4.98 Å². The average molecular weight is 462 g/mol. The number of alkyl halides is 2. The Morgan fingerprint density at radius 1 is 1.00 bits per heavy atom. The number of nitrogens with zero attached hydrogens (tertiary/aromatic N) is 2. The molecule has 0 unspecified atom stereocenters. The van der Waals surface area contributed by atoms with Crippen LogP contribution in [0.15, 0.2) is 65.1 Å². The number of oxazole rings is 1. The van der Waals surface area contributed by atoms with Crippen LogP contribution in [0.25, 0.3) is 33.0 Å². The monoisotopic (exact) mass is 460 g/mol. The largest absolute Gasteiger partial charge is 0.432 e. The first kappa shape index (κ1) is 16.2. The zero-order valence-corrected chi connectivity index (χ0v) is 15.8. The third kappa shape index (κ3) is 2.63. The number of hydrogen-bond donors (Lipinski definition) is 0. The summed E-state index contributed by atoms with van der Waals surface area (Å²) in [5.74, 6) is -0.0529. The molecule has 7 heteroatoms. The van der Waals surface area contributed by atoms with Crippen molar-refractivity contribution in [2.24, 2.45) is 0 Å². The summed E-state index contributed by atoms with van der Waals surface area (Å²) < 4.78 is 3.99. The lowest BCUT2D eigenvalue weighted by atomic mass is 9.97. The standard InChI is InChI=1S/C18H10Br2N2O3/c19-18(20,22(23)24)17-21-15-10-14(11-6-2-1-3-7-11)12-8-4-5-9-13(12)16(15)25-17/h1-10H. The second-order valence-corrected chi connectivity index (χ2v) is 8.86. The van der Waals surface area contributed by atoms with Crippen LogP contribution in [0.1, 0.15) is 5.89 Å². The fourth-order valence-corrected chi connectivity index (χ4v) is 3.16. The highest BCUT2D eigenvalue weighted by atomic mass is 79.9. The molecular formula is C18H10Br2N2O3. The van der Waals surface area contributed by atoms with Crippen molar-refractivity contribution in [1.82, 2.24) is 4.98 Å². The molecular weight excluding hydrogens is 452 g/mol. The zero-order valence-electron chi connectivity index (χ0n) is 12.6. The van der Waals surface area contributed by atoms with Gasteiger partial charge in [0.05, 0.1) is 4.92 Å². The van der Waals surface area contributed by atoms with Crippen LogP contribution < -0.4 is 0 Å². The fourth-order valence-electron chi connectivity index (χ4n) is 2.82. The fraction of sp³-hybridized carbons (Fsp3) is 0.0556. The van der Waals surface area contributed by atoms with E-state index >= 15 is 0 Å². The number of rotatable bonds is 3. The molecule has 0 saturated carbocycles. The lowest BCUT2D eigenvalue weighted by Crippen LogP contribution is -2.20. The molecule has 0 aliphatic rings. The summed E-state index contributed by atoms with van der Waals surface area (Å²) in [6.07, 6.45) is 0. The van der Waals surface area contributed by atoms with Gasteiger partial charge < -0.3 is 4.42 Å². The van der Waals surface area contributed by atoms with Gasteiger partial charge in [0.1, 0.15) is 5.52 Å². The van der Waals surface area contributed by atoms with Gasteiger partial charge in [-0.05, 0) is 22.6 Å². The van der Waals surface area contributed by atoms with E-state index in [2.05, 4.69) is 36.8 Å². The SMILES string of the molecule is O=[N+]([O-])C(Br)(Br)c1nc2cc(-c3ccccc3)c3ccccc3c2o1. The van der Waals surface area contributed by atoms with Crippen molar-refractivity contribution in [1.29, 1.82) is 0 Å². The van der Waals surface area contributed by atoms with E-state index < -0.39 is 8.28 Å². The van der Waals surface area contributed by atoms with Crippen LogP contribution in [0.2, 0.25) is 0 Å². The molecule has 4 aromatic rings. The van der Waals surface area contributed by atoms with Gasteiger partial charge in [-0.15, -0.1) is 0 Å². The Hall–Kier alpha value is -2.25. The van der Waals surface area contributed by atoms with Gasteiger partial charge in [-0.3, -0.25) is 10.1 Å². The van der Waals surface area contributed by atoms with Crippen LogP contribution in [0.4, 0.5) is 0 Å². The predicted molar refractivity (Wildman–Crippen MR) is 103 cm³/mol. The minimum Gasteiger partial charge on any atom is -0.432 e. The molecule has 0 saturated heterocycles. The van der Waals surface area contributed by atoms with Gasteiger partial charge in [0.15, 0.2) is 5.58 Å².